The van der Waals surface area contributed by atoms with Crippen molar-refractivity contribution in [2.75, 3.05) is 18.1 Å². The highest BCUT2D eigenvalue weighted by Crippen LogP contribution is 2.18. The van der Waals surface area contributed by atoms with E-state index in [-0.39, 0.29) is 17.9 Å². The van der Waals surface area contributed by atoms with Crippen molar-refractivity contribution in [1.82, 2.24) is 4.31 Å². The summed E-state index contributed by atoms with van der Waals surface area (Å²) in [4.78, 5) is 22.4. The number of benzene rings is 2. The Balaban J connectivity index is 2.10. The van der Waals surface area contributed by atoms with Crippen molar-refractivity contribution in [3.8, 4) is 0 Å². The topological polar surface area (TPSA) is 110 Å². The van der Waals surface area contributed by atoms with E-state index in [0.717, 1.165) is 20.6 Å². The van der Waals surface area contributed by atoms with Gasteiger partial charge in [0.25, 0.3) is 5.69 Å². The maximum atomic E-state index is 12.2. The summed E-state index contributed by atoms with van der Waals surface area (Å²) in [6.07, 6.45) is 1.02. The Bertz CT molecular complexity index is 916. The zero-order valence-corrected chi connectivity index (χ0v) is 16.2. The minimum absolute atomic E-state index is 0.0362. The van der Waals surface area contributed by atoms with Crippen LogP contribution in [0.5, 0.6) is 0 Å². The minimum Gasteiger partial charge on any atom is -0.325 e. The van der Waals surface area contributed by atoms with Crippen molar-refractivity contribution in [3.05, 3.63) is 68.7 Å². The van der Waals surface area contributed by atoms with Crippen LogP contribution in [0.25, 0.3) is 0 Å². The highest BCUT2D eigenvalue weighted by molar-refractivity contribution is 9.10. The maximum Gasteiger partial charge on any atom is 0.271 e. The molecule has 0 aliphatic rings. The molecule has 0 aliphatic carbocycles. The lowest BCUT2D eigenvalue weighted by Crippen LogP contribution is -2.36. The lowest BCUT2D eigenvalue weighted by Gasteiger charge is -2.19. The molecule has 0 fully saturated rings. The largest absolute Gasteiger partial charge is 0.325 e. The predicted octanol–water partition coefficient (Wildman–Crippen LogP) is 2.76. The third kappa shape index (κ3) is 5.90. The Morgan fingerprint density at radius 1 is 1.23 bits per heavy atom. The molecule has 138 valence electrons. The van der Waals surface area contributed by atoms with Crippen LogP contribution in [-0.2, 0) is 21.4 Å². The summed E-state index contributed by atoms with van der Waals surface area (Å²) in [7, 11) is -3.63. The summed E-state index contributed by atoms with van der Waals surface area (Å²) in [5.74, 6) is -0.590. The molecule has 0 unspecified atom stereocenters. The second-order valence-electron chi connectivity index (χ2n) is 5.51. The Hall–Kier alpha value is -2.30. The number of carbonyl (C=O) groups excluding carboxylic acids is 1. The molecule has 0 saturated heterocycles. The Morgan fingerprint density at radius 2 is 1.88 bits per heavy atom. The standard InChI is InChI=1S/C16H16BrN3O5S/c1-26(24,25)19(10-12-5-7-13(17)8-6-12)11-16(21)18-14-3-2-4-15(9-14)20(22)23/h2-9H,10-11H2,1H3,(H,18,21). The zero-order chi connectivity index (χ0) is 19.3. The SMILES string of the molecule is CS(=O)(=O)N(CC(=O)Nc1cccc([N+](=O)[O-])c1)Cc1ccc(Br)cc1. The summed E-state index contributed by atoms with van der Waals surface area (Å²) in [6.45, 7) is -0.369. The predicted molar refractivity (Wildman–Crippen MR) is 101 cm³/mol. The van der Waals surface area contributed by atoms with E-state index in [1.165, 1.54) is 24.3 Å². The molecule has 0 spiro atoms. The zero-order valence-electron chi connectivity index (χ0n) is 13.8. The van der Waals surface area contributed by atoms with E-state index in [1.54, 1.807) is 24.3 Å². The Kier molecular flexibility index (Phi) is 6.46. The fourth-order valence-corrected chi connectivity index (χ4v) is 3.14. The van der Waals surface area contributed by atoms with Crippen molar-refractivity contribution in [3.63, 3.8) is 0 Å². The maximum absolute atomic E-state index is 12.2. The van der Waals surface area contributed by atoms with E-state index in [2.05, 4.69) is 21.2 Å². The van der Waals surface area contributed by atoms with Crippen LogP contribution in [0.4, 0.5) is 11.4 Å². The summed E-state index contributed by atoms with van der Waals surface area (Å²) >= 11 is 3.30. The smallest absolute Gasteiger partial charge is 0.271 e. The molecule has 1 amide bonds. The molecule has 10 heteroatoms. The third-order valence-corrected chi connectivity index (χ3v) is 5.13. The molecule has 1 N–H and O–H groups in total. The van der Waals surface area contributed by atoms with Gasteiger partial charge >= 0.3 is 0 Å². The molecule has 2 rings (SSSR count). The first-order valence-electron chi connectivity index (χ1n) is 7.39. The van der Waals surface area contributed by atoms with Crippen molar-refractivity contribution in [2.45, 2.75) is 6.54 Å². The molecule has 0 aliphatic heterocycles. The average Bonchev–Trinajstić information content (AvgIpc) is 2.55. The highest BCUT2D eigenvalue weighted by Gasteiger charge is 2.21. The number of non-ortho nitro benzene ring substituents is 1. The molecule has 26 heavy (non-hydrogen) atoms. The fraction of sp³-hybridized carbons (Fsp3) is 0.188. The monoisotopic (exact) mass is 441 g/mol. The molecule has 0 bridgehead atoms. The van der Waals surface area contributed by atoms with E-state index < -0.39 is 27.4 Å². The van der Waals surface area contributed by atoms with Gasteiger partial charge in [-0.1, -0.05) is 34.1 Å². The van der Waals surface area contributed by atoms with Crippen LogP contribution in [0, 0.1) is 10.1 Å². The fourth-order valence-electron chi connectivity index (χ4n) is 2.14. The van der Waals surface area contributed by atoms with Gasteiger partial charge in [-0.05, 0) is 23.8 Å². The number of nitrogens with one attached hydrogen (secondary N) is 1. The molecule has 2 aromatic rings. The normalized spacial score (nSPS) is 11.3. The molecule has 0 aromatic heterocycles. The van der Waals surface area contributed by atoms with E-state index in [0.29, 0.717) is 0 Å². The molecule has 0 heterocycles. The first-order valence-corrected chi connectivity index (χ1v) is 10.0. The number of hydrogen-bond acceptors (Lipinski definition) is 5. The summed E-state index contributed by atoms with van der Waals surface area (Å²) in [5, 5.41) is 13.3. The average molecular weight is 442 g/mol. The Morgan fingerprint density at radius 3 is 2.46 bits per heavy atom. The van der Waals surface area contributed by atoms with Crippen LogP contribution in [0.1, 0.15) is 5.56 Å². The van der Waals surface area contributed by atoms with Crippen LogP contribution >= 0.6 is 15.9 Å². The van der Waals surface area contributed by atoms with Gasteiger partial charge < -0.3 is 5.32 Å². The number of sulfonamides is 1. The van der Waals surface area contributed by atoms with Gasteiger partial charge in [-0.15, -0.1) is 0 Å². The van der Waals surface area contributed by atoms with Gasteiger partial charge in [0.15, 0.2) is 0 Å². The first-order chi connectivity index (χ1) is 12.1. The van der Waals surface area contributed by atoms with Crippen LogP contribution in [0.15, 0.2) is 53.0 Å². The minimum atomic E-state index is -3.63. The van der Waals surface area contributed by atoms with Crippen molar-refractivity contribution in [1.29, 1.82) is 0 Å². The quantitative estimate of drug-likeness (QED) is 0.524. The highest BCUT2D eigenvalue weighted by atomic mass is 79.9. The molecule has 0 saturated carbocycles. The number of nitrogens with zero attached hydrogens (tertiary/aromatic N) is 2. The number of halogens is 1. The third-order valence-electron chi connectivity index (χ3n) is 3.40. The van der Waals surface area contributed by atoms with E-state index in [9.17, 15) is 23.3 Å². The number of anilines is 1. The van der Waals surface area contributed by atoms with Crippen molar-refractivity contribution in [2.24, 2.45) is 0 Å². The molecule has 0 atom stereocenters. The van der Waals surface area contributed by atoms with E-state index in [1.807, 2.05) is 0 Å². The van der Waals surface area contributed by atoms with Gasteiger partial charge in [0.05, 0.1) is 17.7 Å². The van der Waals surface area contributed by atoms with E-state index in [4.69, 9.17) is 0 Å². The number of nitro benzene ring substituents is 1. The number of nitro groups is 1. The summed E-state index contributed by atoms with van der Waals surface area (Å²) in [5.41, 5.74) is 0.778. The van der Waals surface area contributed by atoms with Crippen LogP contribution in [0.3, 0.4) is 0 Å². The summed E-state index contributed by atoms with van der Waals surface area (Å²) in [6, 6.07) is 12.5. The van der Waals surface area contributed by atoms with Crippen LogP contribution < -0.4 is 5.32 Å². The number of hydrogen-bond donors (Lipinski definition) is 1. The second-order valence-corrected chi connectivity index (χ2v) is 8.41. The number of rotatable bonds is 7. The van der Waals surface area contributed by atoms with Crippen LogP contribution in [0.2, 0.25) is 0 Å². The molecule has 0 radical (unpaired) electrons. The van der Waals surface area contributed by atoms with Gasteiger partial charge in [0, 0.05) is 28.8 Å². The van der Waals surface area contributed by atoms with E-state index >= 15 is 0 Å². The molecular formula is C16H16BrN3O5S. The van der Waals surface area contributed by atoms with Crippen molar-refractivity contribution >= 4 is 43.2 Å². The lowest BCUT2D eigenvalue weighted by atomic mass is 10.2. The number of carbonyl (C=O) groups is 1. The molecule has 2 aromatic carbocycles. The van der Waals surface area contributed by atoms with Gasteiger partial charge in [-0.2, -0.15) is 4.31 Å². The van der Waals surface area contributed by atoms with Gasteiger partial charge in [-0.25, -0.2) is 8.42 Å². The van der Waals surface area contributed by atoms with Gasteiger partial charge in [0.2, 0.25) is 15.9 Å². The number of amides is 1. The molecule has 8 nitrogen and oxygen atoms in total. The first kappa shape index (κ1) is 20.0. The van der Waals surface area contributed by atoms with Gasteiger partial charge in [0.1, 0.15) is 0 Å². The van der Waals surface area contributed by atoms with Crippen LogP contribution in [-0.4, -0.2) is 36.4 Å². The molecular weight excluding hydrogens is 426 g/mol. The lowest BCUT2D eigenvalue weighted by molar-refractivity contribution is -0.384. The van der Waals surface area contributed by atoms with Crippen molar-refractivity contribution < 1.29 is 18.1 Å². The van der Waals surface area contributed by atoms with Gasteiger partial charge in [-0.3, -0.25) is 14.9 Å². The Labute approximate surface area is 159 Å². The second kappa shape index (κ2) is 8.39. The summed E-state index contributed by atoms with van der Waals surface area (Å²) < 4.78 is 25.9.